The number of hydrogen-bond acceptors (Lipinski definition) is 7. The second-order valence-electron chi connectivity index (χ2n) is 9.99. The van der Waals surface area contributed by atoms with Gasteiger partial charge >= 0.3 is 12.4 Å². The molecule has 0 radical (unpaired) electrons. The number of aryl methyl sites for hydroxylation is 1. The third kappa shape index (κ3) is 10.1. The van der Waals surface area contributed by atoms with E-state index in [2.05, 4.69) is 15.6 Å². The molecular weight excluding hydrogens is 600 g/mol. The van der Waals surface area contributed by atoms with Crippen molar-refractivity contribution in [3.05, 3.63) is 64.7 Å². The van der Waals surface area contributed by atoms with Crippen LogP contribution in [-0.4, -0.2) is 59.8 Å². The number of nitrogens with one attached hydrogen (secondary N) is 2. The topological polar surface area (TPSA) is 110 Å². The van der Waals surface area contributed by atoms with Crippen LogP contribution >= 0.6 is 11.3 Å². The molecule has 15 heteroatoms. The Hall–Kier alpha value is -3.85. The van der Waals surface area contributed by atoms with E-state index in [1.54, 1.807) is 42.5 Å². The van der Waals surface area contributed by atoms with Crippen LogP contribution in [0.25, 0.3) is 0 Å². The number of aromatic nitrogens is 1. The lowest BCUT2D eigenvalue weighted by Crippen LogP contribution is -2.42. The van der Waals surface area contributed by atoms with Crippen LogP contribution in [-0.2, 0) is 17.6 Å². The Kier molecular flexibility index (Phi) is 10.2. The molecule has 0 spiro atoms. The van der Waals surface area contributed by atoms with Crippen LogP contribution in [0.1, 0.15) is 40.2 Å². The van der Waals surface area contributed by atoms with Crippen LogP contribution in [0.15, 0.2) is 48.5 Å². The summed E-state index contributed by atoms with van der Waals surface area (Å²) in [5.41, 5.74) is 7.62. The zero-order chi connectivity index (χ0) is 31.2. The monoisotopic (exact) mass is 629 g/mol. The maximum absolute atomic E-state index is 12.9. The third-order valence-corrected chi connectivity index (χ3v) is 7.71. The number of rotatable bonds is 11. The summed E-state index contributed by atoms with van der Waals surface area (Å²) in [7, 11) is 0. The van der Waals surface area contributed by atoms with Gasteiger partial charge in [-0.25, -0.2) is 4.98 Å². The highest BCUT2D eigenvalue weighted by Crippen LogP contribution is 2.33. The number of alkyl halides is 6. The number of anilines is 3. The van der Waals surface area contributed by atoms with Crippen molar-refractivity contribution in [3.8, 4) is 5.75 Å². The first-order chi connectivity index (χ1) is 20.2. The average Bonchev–Trinajstić information content (AvgIpc) is 3.33. The van der Waals surface area contributed by atoms with Gasteiger partial charge in [0.1, 0.15) is 5.75 Å². The lowest BCUT2D eigenvalue weighted by atomic mass is 9.96. The number of amides is 2. The number of fused-ring (bicyclic) bond motifs is 1. The normalized spacial score (nSPS) is 15.2. The summed E-state index contributed by atoms with van der Waals surface area (Å²) in [5.74, 6) is -0.641. The molecule has 43 heavy (non-hydrogen) atoms. The second kappa shape index (κ2) is 13.6. The quantitative estimate of drug-likeness (QED) is 0.176. The summed E-state index contributed by atoms with van der Waals surface area (Å²) >= 11 is 1.14. The van der Waals surface area contributed by atoms with Crippen molar-refractivity contribution in [1.29, 1.82) is 0 Å². The molecule has 4 rings (SSSR count). The lowest BCUT2D eigenvalue weighted by molar-refractivity contribution is -0.148. The van der Waals surface area contributed by atoms with Crippen molar-refractivity contribution < 1.29 is 40.7 Å². The van der Waals surface area contributed by atoms with Crippen LogP contribution in [0.4, 0.5) is 42.8 Å². The SMILES string of the molecule is Nc1ccc(NC(=O)COc2cccc(C(=O)Nc3nc4c(s3)C[C@@H](N(CCC(F)(F)F)CCC(F)(F)F)CC4)c2)cc1. The third-order valence-electron chi connectivity index (χ3n) is 6.68. The Bertz CT molecular complexity index is 1390. The minimum atomic E-state index is -4.48. The molecular formula is C28H29F6N5O3S. The molecule has 1 aromatic heterocycles. The smallest absolute Gasteiger partial charge is 0.390 e. The van der Waals surface area contributed by atoms with E-state index in [0.717, 1.165) is 11.3 Å². The van der Waals surface area contributed by atoms with Crippen LogP contribution in [0.5, 0.6) is 5.75 Å². The van der Waals surface area contributed by atoms with Crippen molar-refractivity contribution in [2.45, 2.75) is 50.5 Å². The van der Waals surface area contributed by atoms with Gasteiger partial charge in [0.2, 0.25) is 0 Å². The molecule has 1 aliphatic carbocycles. The van der Waals surface area contributed by atoms with Crippen molar-refractivity contribution >= 4 is 39.7 Å². The Balaban J connectivity index is 1.34. The van der Waals surface area contributed by atoms with Crippen LogP contribution in [0.3, 0.4) is 0 Å². The summed E-state index contributed by atoms with van der Waals surface area (Å²) in [6.07, 6.45) is -10.4. The zero-order valence-electron chi connectivity index (χ0n) is 22.7. The fraction of sp³-hybridized carbons (Fsp3) is 0.393. The van der Waals surface area contributed by atoms with Gasteiger partial charge in [-0.2, -0.15) is 26.3 Å². The van der Waals surface area contributed by atoms with E-state index >= 15 is 0 Å². The molecule has 1 atom stereocenters. The predicted octanol–water partition coefficient (Wildman–Crippen LogP) is 6.06. The summed E-state index contributed by atoms with van der Waals surface area (Å²) in [5, 5.41) is 5.62. The molecule has 1 heterocycles. The Labute approximate surface area is 247 Å². The van der Waals surface area contributed by atoms with Gasteiger partial charge < -0.3 is 15.8 Å². The van der Waals surface area contributed by atoms with Gasteiger partial charge in [0.25, 0.3) is 11.8 Å². The number of nitrogens with zero attached hydrogens (tertiary/aromatic N) is 2. The first kappa shape index (κ1) is 32.1. The number of nitrogens with two attached hydrogens (primary N) is 1. The predicted molar refractivity (Wildman–Crippen MR) is 150 cm³/mol. The van der Waals surface area contributed by atoms with Crippen molar-refractivity contribution in [2.75, 3.05) is 36.1 Å². The molecule has 0 saturated heterocycles. The molecule has 8 nitrogen and oxygen atoms in total. The van der Waals surface area contributed by atoms with Crippen LogP contribution < -0.4 is 21.1 Å². The minimum absolute atomic E-state index is 0.230. The molecule has 1 aliphatic rings. The Morgan fingerprint density at radius 3 is 2.33 bits per heavy atom. The van der Waals surface area contributed by atoms with E-state index in [9.17, 15) is 35.9 Å². The van der Waals surface area contributed by atoms with Gasteiger partial charge in [-0.15, -0.1) is 11.3 Å². The molecule has 0 unspecified atom stereocenters. The van der Waals surface area contributed by atoms with Gasteiger partial charge in [-0.05, 0) is 61.7 Å². The van der Waals surface area contributed by atoms with Gasteiger partial charge in [0.15, 0.2) is 11.7 Å². The first-order valence-electron chi connectivity index (χ1n) is 13.3. The molecule has 4 N–H and O–H groups in total. The maximum Gasteiger partial charge on any atom is 0.390 e. The zero-order valence-corrected chi connectivity index (χ0v) is 23.5. The molecule has 2 amide bonds. The average molecular weight is 630 g/mol. The molecule has 3 aromatic rings. The molecule has 232 valence electrons. The van der Waals surface area contributed by atoms with E-state index in [1.807, 2.05) is 0 Å². The van der Waals surface area contributed by atoms with Gasteiger partial charge in [-0.1, -0.05) is 6.07 Å². The number of hydrogen-bond donors (Lipinski definition) is 3. The summed E-state index contributed by atoms with van der Waals surface area (Å²) in [6.45, 7) is -1.36. The van der Waals surface area contributed by atoms with E-state index < -0.39 is 56.1 Å². The molecule has 0 bridgehead atoms. The maximum atomic E-state index is 12.9. The lowest BCUT2D eigenvalue weighted by Gasteiger charge is -2.34. The summed E-state index contributed by atoms with van der Waals surface area (Å²) < 4.78 is 82.5. The summed E-state index contributed by atoms with van der Waals surface area (Å²) in [6, 6.07) is 12.2. The second-order valence-corrected chi connectivity index (χ2v) is 11.1. The van der Waals surface area contributed by atoms with Crippen LogP contribution in [0, 0.1) is 0 Å². The largest absolute Gasteiger partial charge is 0.484 e. The fourth-order valence-corrected chi connectivity index (χ4v) is 5.62. The number of carbonyl (C=O) groups excluding carboxylic acids is 2. The number of ether oxygens (including phenoxy) is 1. The molecule has 2 aromatic carbocycles. The number of halogens is 6. The number of benzene rings is 2. The fourth-order valence-electron chi connectivity index (χ4n) is 4.55. The molecule has 0 fully saturated rings. The number of thiazole rings is 1. The van der Waals surface area contributed by atoms with Crippen molar-refractivity contribution in [1.82, 2.24) is 9.88 Å². The van der Waals surface area contributed by atoms with Gasteiger partial charge in [-0.3, -0.25) is 19.8 Å². The van der Waals surface area contributed by atoms with E-state index in [0.29, 0.717) is 34.8 Å². The van der Waals surface area contributed by atoms with E-state index in [1.165, 1.54) is 11.0 Å². The van der Waals surface area contributed by atoms with Gasteiger partial charge in [0.05, 0.1) is 18.5 Å². The van der Waals surface area contributed by atoms with Crippen LogP contribution in [0.2, 0.25) is 0 Å². The molecule has 0 saturated carbocycles. The standard InChI is InChI=1S/C28H29F6N5O3S/c29-27(30,31)10-12-39(13-11-28(32,33)34)20-8-9-22-23(15-20)43-26(37-22)38-25(41)17-2-1-3-21(14-17)42-16-24(40)36-19-6-4-18(35)5-7-19/h1-7,14,20H,8-13,15-16,35H2,(H,36,40)(H,37,38,41)/t20-/m0/s1. The van der Waals surface area contributed by atoms with Crippen molar-refractivity contribution in [2.24, 2.45) is 0 Å². The first-order valence-corrected chi connectivity index (χ1v) is 14.1. The molecule has 0 aliphatic heterocycles. The highest BCUT2D eigenvalue weighted by molar-refractivity contribution is 7.15. The Morgan fingerprint density at radius 2 is 1.67 bits per heavy atom. The highest BCUT2D eigenvalue weighted by Gasteiger charge is 2.35. The van der Waals surface area contributed by atoms with Crippen molar-refractivity contribution in [3.63, 3.8) is 0 Å². The van der Waals surface area contributed by atoms with Gasteiger partial charge in [0, 0.05) is 40.9 Å². The van der Waals surface area contributed by atoms with E-state index in [4.69, 9.17) is 10.5 Å². The minimum Gasteiger partial charge on any atom is -0.484 e. The number of nitrogen functional groups attached to an aromatic ring is 1. The highest BCUT2D eigenvalue weighted by atomic mass is 32.1. The Morgan fingerprint density at radius 1 is 1.00 bits per heavy atom. The summed E-state index contributed by atoms with van der Waals surface area (Å²) in [4.78, 5) is 31.5. The number of carbonyl (C=O) groups is 2. The van der Waals surface area contributed by atoms with E-state index in [-0.39, 0.29) is 29.5 Å².